The number of fused-ring (bicyclic) bond motifs is 1. The number of carbonyl (C=O) groups is 1. The van der Waals surface area contributed by atoms with Crippen molar-refractivity contribution in [3.63, 3.8) is 0 Å². The first-order valence-electron chi connectivity index (χ1n) is 9.73. The average Bonchev–Trinajstić information content (AvgIpc) is 3.08. The highest BCUT2D eigenvalue weighted by Gasteiger charge is 2.27. The number of nitrogens with one attached hydrogen (secondary N) is 2. The summed E-state index contributed by atoms with van der Waals surface area (Å²) in [4.78, 5) is 21.7. The lowest BCUT2D eigenvalue weighted by Gasteiger charge is -2.39. The number of thiophene rings is 1. The van der Waals surface area contributed by atoms with E-state index in [1.54, 1.807) is 0 Å². The highest BCUT2D eigenvalue weighted by atomic mass is 32.1. The van der Waals surface area contributed by atoms with Gasteiger partial charge in [0.25, 0.3) is 5.91 Å². The van der Waals surface area contributed by atoms with Crippen molar-refractivity contribution >= 4 is 27.5 Å². The lowest BCUT2D eigenvalue weighted by Crippen LogP contribution is -2.50. The molecule has 2 aromatic heterocycles. The number of carbonyl (C=O) groups excluding carboxylic acids is 1. The molecule has 0 unspecified atom stereocenters. The number of amides is 1. The van der Waals surface area contributed by atoms with Crippen molar-refractivity contribution in [3.8, 4) is 0 Å². The molecule has 1 saturated carbocycles. The molecule has 0 radical (unpaired) electrons. The van der Waals surface area contributed by atoms with Crippen LogP contribution in [0.3, 0.4) is 0 Å². The third-order valence-electron chi connectivity index (χ3n) is 5.76. The quantitative estimate of drug-likeness (QED) is 0.870. The summed E-state index contributed by atoms with van der Waals surface area (Å²) in [7, 11) is 0. The number of rotatable bonds is 3. The molecule has 6 heteroatoms. The molecule has 3 heterocycles. The van der Waals surface area contributed by atoms with Gasteiger partial charge in [0.15, 0.2) is 0 Å². The van der Waals surface area contributed by atoms with Crippen LogP contribution in [0.1, 0.15) is 46.6 Å². The molecular formula is C20H28N4OS. The van der Waals surface area contributed by atoms with Gasteiger partial charge in [-0.05, 0) is 57.2 Å². The second-order valence-electron chi connectivity index (χ2n) is 7.67. The number of nitrogens with zero attached hydrogens (tertiary/aromatic N) is 2. The van der Waals surface area contributed by atoms with Crippen LogP contribution in [0, 0.1) is 13.8 Å². The molecule has 4 rings (SSSR count). The van der Waals surface area contributed by atoms with Crippen molar-refractivity contribution < 1.29 is 4.79 Å². The van der Waals surface area contributed by atoms with Gasteiger partial charge in [0.05, 0.1) is 4.88 Å². The van der Waals surface area contributed by atoms with Crippen LogP contribution in [-0.4, -0.2) is 54.1 Å². The van der Waals surface area contributed by atoms with Crippen LogP contribution in [0.5, 0.6) is 0 Å². The Labute approximate surface area is 159 Å². The summed E-state index contributed by atoms with van der Waals surface area (Å²) < 4.78 is 0. The van der Waals surface area contributed by atoms with Gasteiger partial charge in [0.1, 0.15) is 4.83 Å². The van der Waals surface area contributed by atoms with Gasteiger partial charge in [-0.2, -0.15) is 0 Å². The standard InChI is InChI=1S/C20H28N4OS/c1-13-11-14(2)22-20-17(13)12-18(26-20)19(25)23-15-3-5-16(6-4-15)24-9-7-21-8-10-24/h11-12,15-16,21H,3-10H2,1-2H3,(H,23,25). The Morgan fingerprint density at radius 2 is 1.92 bits per heavy atom. The van der Waals surface area contributed by atoms with E-state index in [0.29, 0.717) is 12.1 Å². The van der Waals surface area contributed by atoms with E-state index in [1.807, 2.05) is 13.0 Å². The first-order chi connectivity index (χ1) is 12.6. The van der Waals surface area contributed by atoms with Crippen LogP contribution in [0.2, 0.25) is 0 Å². The maximum atomic E-state index is 12.7. The molecule has 1 saturated heterocycles. The Morgan fingerprint density at radius 1 is 1.19 bits per heavy atom. The molecule has 26 heavy (non-hydrogen) atoms. The van der Waals surface area contributed by atoms with Gasteiger partial charge < -0.3 is 10.6 Å². The van der Waals surface area contributed by atoms with Gasteiger partial charge >= 0.3 is 0 Å². The lowest BCUT2D eigenvalue weighted by molar-refractivity contribution is 0.0898. The summed E-state index contributed by atoms with van der Waals surface area (Å²) in [6, 6.07) is 5.09. The van der Waals surface area contributed by atoms with Crippen molar-refractivity contribution in [3.05, 3.63) is 28.3 Å². The highest BCUT2D eigenvalue weighted by molar-refractivity contribution is 7.20. The minimum absolute atomic E-state index is 0.0654. The fourth-order valence-corrected chi connectivity index (χ4v) is 5.39. The smallest absolute Gasteiger partial charge is 0.261 e. The monoisotopic (exact) mass is 372 g/mol. The number of aryl methyl sites for hydroxylation is 2. The number of pyridine rings is 1. The van der Waals surface area contributed by atoms with E-state index in [2.05, 4.69) is 33.5 Å². The fraction of sp³-hybridized carbons (Fsp3) is 0.600. The van der Waals surface area contributed by atoms with Crippen LogP contribution >= 0.6 is 11.3 Å². The molecule has 2 N–H and O–H groups in total. The third kappa shape index (κ3) is 3.77. The Morgan fingerprint density at radius 3 is 2.65 bits per heavy atom. The molecule has 1 aliphatic carbocycles. The molecule has 0 aromatic carbocycles. The topological polar surface area (TPSA) is 57.3 Å². The molecule has 2 fully saturated rings. The van der Waals surface area contributed by atoms with E-state index in [0.717, 1.165) is 59.8 Å². The second kappa shape index (κ2) is 7.62. The maximum absolute atomic E-state index is 12.7. The van der Waals surface area contributed by atoms with E-state index in [-0.39, 0.29) is 5.91 Å². The van der Waals surface area contributed by atoms with Gasteiger partial charge in [-0.1, -0.05) is 0 Å². The zero-order valence-corrected chi connectivity index (χ0v) is 16.5. The SMILES string of the molecule is Cc1cc(C)c2cc(C(=O)NC3CCC(N4CCNCC4)CC3)sc2n1. The zero-order valence-electron chi connectivity index (χ0n) is 15.7. The van der Waals surface area contributed by atoms with Crippen LogP contribution in [0.25, 0.3) is 10.2 Å². The first-order valence-corrected chi connectivity index (χ1v) is 10.6. The molecule has 1 amide bonds. The summed E-state index contributed by atoms with van der Waals surface area (Å²) in [5.74, 6) is 0.0654. The van der Waals surface area contributed by atoms with Gasteiger partial charge in [-0.3, -0.25) is 9.69 Å². The summed E-state index contributed by atoms with van der Waals surface area (Å²) in [6.07, 6.45) is 4.55. The fourth-order valence-electron chi connectivity index (χ4n) is 4.33. The van der Waals surface area contributed by atoms with E-state index in [4.69, 9.17) is 0 Å². The molecule has 140 valence electrons. The van der Waals surface area contributed by atoms with Crippen LogP contribution in [0.4, 0.5) is 0 Å². The number of piperazine rings is 1. The predicted octanol–water partition coefficient (Wildman–Crippen LogP) is 2.86. The molecule has 0 atom stereocenters. The summed E-state index contributed by atoms with van der Waals surface area (Å²) in [5, 5.41) is 7.79. The molecule has 5 nitrogen and oxygen atoms in total. The van der Waals surface area contributed by atoms with Crippen LogP contribution in [-0.2, 0) is 0 Å². The summed E-state index contributed by atoms with van der Waals surface area (Å²) in [6.45, 7) is 8.63. The van der Waals surface area contributed by atoms with E-state index in [9.17, 15) is 4.79 Å². The Hall–Kier alpha value is -1.50. The molecule has 2 aliphatic rings. The molecule has 1 aliphatic heterocycles. The Bertz CT molecular complexity index is 788. The van der Waals surface area contributed by atoms with E-state index in [1.165, 1.54) is 29.7 Å². The van der Waals surface area contributed by atoms with Crippen LogP contribution < -0.4 is 10.6 Å². The van der Waals surface area contributed by atoms with Crippen LogP contribution in [0.15, 0.2) is 12.1 Å². The highest BCUT2D eigenvalue weighted by Crippen LogP contribution is 2.28. The zero-order chi connectivity index (χ0) is 18.1. The minimum atomic E-state index is 0.0654. The Kier molecular flexibility index (Phi) is 5.25. The van der Waals surface area contributed by atoms with Crippen molar-refractivity contribution in [2.45, 2.75) is 51.6 Å². The maximum Gasteiger partial charge on any atom is 0.261 e. The number of hydrogen-bond donors (Lipinski definition) is 2. The summed E-state index contributed by atoms with van der Waals surface area (Å²) in [5.41, 5.74) is 2.20. The largest absolute Gasteiger partial charge is 0.349 e. The van der Waals surface area contributed by atoms with Gasteiger partial charge in [0, 0.05) is 49.3 Å². The van der Waals surface area contributed by atoms with Gasteiger partial charge in [-0.15, -0.1) is 11.3 Å². The lowest BCUT2D eigenvalue weighted by atomic mass is 9.90. The average molecular weight is 373 g/mol. The minimum Gasteiger partial charge on any atom is -0.349 e. The predicted molar refractivity (Wildman–Crippen MR) is 107 cm³/mol. The molecular weight excluding hydrogens is 344 g/mol. The van der Waals surface area contributed by atoms with Gasteiger partial charge in [0.2, 0.25) is 0 Å². The summed E-state index contributed by atoms with van der Waals surface area (Å²) >= 11 is 1.51. The van der Waals surface area contributed by atoms with Crippen molar-refractivity contribution in [1.29, 1.82) is 0 Å². The third-order valence-corrected chi connectivity index (χ3v) is 6.79. The molecule has 0 spiro atoms. The second-order valence-corrected chi connectivity index (χ2v) is 8.71. The Balaban J connectivity index is 1.36. The van der Waals surface area contributed by atoms with E-state index < -0.39 is 0 Å². The van der Waals surface area contributed by atoms with Crippen molar-refractivity contribution in [2.24, 2.45) is 0 Å². The molecule has 0 bridgehead atoms. The van der Waals surface area contributed by atoms with Crippen molar-refractivity contribution in [2.75, 3.05) is 26.2 Å². The number of hydrogen-bond acceptors (Lipinski definition) is 5. The van der Waals surface area contributed by atoms with E-state index >= 15 is 0 Å². The first kappa shape index (κ1) is 17.9. The molecule has 2 aromatic rings. The van der Waals surface area contributed by atoms with Crippen molar-refractivity contribution in [1.82, 2.24) is 20.5 Å². The normalized spacial score (nSPS) is 24.7. The number of aromatic nitrogens is 1. The van der Waals surface area contributed by atoms with Gasteiger partial charge in [-0.25, -0.2) is 4.98 Å².